The fraction of sp³-hybridized carbons (Fsp3) is 1.00. The van der Waals surface area contributed by atoms with Gasteiger partial charge in [0.25, 0.3) is 0 Å². The summed E-state index contributed by atoms with van der Waals surface area (Å²) in [7, 11) is 0. The van der Waals surface area contributed by atoms with E-state index in [0.29, 0.717) is 0 Å². The van der Waals surface area contributed by atoms with Gasteiger partial charge in [0.15, 0.2) is 0 Å². The predicted molar refractivity (Wildman–Crippen MR) is 81.3 cm³/mol. The maximum Gasteiger partial charge on any atom is 0.0113 e. The van der Waals surface area contributed by atoms with Gasteiger partial charge in [-0.15, -0.1) is 0 Å². The van der Waals surface area contributed by atoms with Gasteiger partial charge in [-0.25, -0.2) is 0 Å². The first-order valence-corrected chi connectivity index (χ1v) is 8.77. The number of fused-ring (bicyclic) bond motifs is 2. The van der Waals surface area contributed by atoms with Crippen LogP contribution in [0.25, 0.3) is 0 Å². The Kier molecular flexibility index (Phi) is 4.48. The van der Waals surface area contributed by atoms with E-state index in [1.165, 1.54) is 57.9 Å². The molecule has 4 unspecified atom stereocenters. The van der Waals surface area contributed by atoms with Crippen molar-refractivity contribution in [3.8, 4) is 0 Å². The van der Waals surface area contributed by atoms with E-state index in [1.807, 2.05) is 0 Å². The second kappa shape index (κ2) is 6.13. The molecule has 0 radical (unpaired) electrons. The largest absolute Gasteiger partial charge is 0.314 e. The van der Waals surface area contributed by atoms with E-state index >= 15 is 0 Å². The second-order valence-electron chi connectivity index (χ2n) is 7.33. The molecule has 2 heteroatoms. The SMILES string of the molecule is CCNC1CC2CCCC(C1)N2CC1CCCC1C. The van der Waals surface area contributed by atoms with Gasteiger partial charge in [0.2, 0.25) is 0 Å². The van der Waals surface area contributed by atoms with E-state index in [2.05, 4.69) is 24.1 Å². The number of hydrogen-bond acceptors (Lipinski definition) is 2. The Bertz CT molecular complexity index is 277. The molecule has 3 fully saturated rings. The molecule has 0 aromatic heterocycles. The molecule has 19 heavy (non-hydrogen) atoms. The summed E-state index contributed by atoms with van der Waals surface area (Å²) in [6, 6.07) is 2.59. The van der Waals surface area contributed by atoms with Crippen molar-refractivity contribution in [3.05, 3.63) is 0 Å². The highest BCUT2D eigenvalue weighted by molar-refractivity contribution is 4.96. The molecule has 0 aromatic rings. The lowest BCUT2D eigenvalue weighted by atomic mass is 9.80. The zero-order chi connectivity index (χ0) is 13.2. The average molecular weight is 264 g/mol. The second-order valence-corrected chi connectivity index (χ2v) is 7.33. The fourth-order valence-corrected chi connectivity index (χ4v) is 5.00. The topological polar surface area (TPSA) is 15.3 Å². The quantitative estimate of drug-likeness (QED) is 0.837. The summed E-state index contributed by atoms with van der Waals surface area (Å²) >= 11 is 0. The highest BCUT2D eigenvalue weighted by atomic mass is 15.2. The number of nitrogens with one attached hydrogen (secondary N) is 1. The van der Waals surface area contributed by atoms with Gasteiger partial charge in [-0.3, -0.25) is 4.90 Å². The third kappa shape index (κ3) is 3.00. The van der Waals surface area contributed by atoms with Crippen LogP contribution in [-0.4, -0.2) is 36.1 Å². The van der Waals surface area contributed by atoms with E-state index in [1.54, 1.807) is 0 Å². The Balaban J connectivity index is 1.62. The average Bonchev–Trinajstić information content (AvgIpc) is 2.76. The van der Waals surface area contributed by atoms with E-state index < -0.39 is 0 Å². The van der Waals surface area contributed by atoms with Gasteiger partial charge in [-0.2, -0.15) is 0 Å². The molecule has 2 bridgehead atoms. The molecule has 0 amide bonds. The number of piperidine rings is 2. The van der Waals surface area contributed by atoms with Crippen molar-refractivity contribution in [1.29, 1.82) is 0 Å². The summed E-state index contributed by atoms with van der Waals surface area (Å²) < 4.78 is 0. The maximum atomic E-state index is 3.71. The predicted octanol–water partition coefficient (Wildman–Crippen LogP) is 3.42. The van der Waals surface area contributed by atoms with Crippen LogP contribution < -0.4 is 5.32 Å². The van der Waals surface area contributed by atoms with Crippen molar-refractivity contribution in [2.45, 2.75) is 83.3 Å². The van der Waals surface area contributed by atoms with Crippen LogP contribution in [0.3, 0.4) is 0 Å². The molecular formula is C17H32N2. The zero-order valence-electron chi connectivity index (χ0n) is 12.9. The summed E-state index contributed by atoms with van der Waals surface area (Å²) in [5.41, 5.74) is 0. The van der Waals surface area contributed by atoms with Crippen molar-refractivity contribution in [3.63, 3.8) is 0 Å². The maximum absolute atomic E-state index is 3.71. The van der Waals surface area contributed by atoms with Gasteiger partial charge in [0, 0.05) is 24.7 Å². The standard InChI is InChI=1S/C17H32N2/c1-3-18-15-10-16-8-5-9-17(11-15)19(16)12-14-7-4-6-13(14)2/h13-18H,3-12H2,1-2H3. The third-order valence-corrected chi connectivity index (χ3v) is 6.10. The molecule has 3 rings (SSSR count). The lowest BCUT2D eigenvalue weighted by Crippen LogP contribution is -2.57. The first-order chi connectivity index (χ1) is 9.28. The Morgan fingerprint density at radius 1 is 1.00 bits per heavy atom. The van der Waals surface area contributed by atoms with Crippen molar-refractivity contribution < 1.29 is 0 Å². The number of hydrogen-bond donors (Lipinski definition) is 1. The third-order valence-electron chi connectivity index (χ3n) is 6.10. The smallest absolute Gasteiger partial charge is 0.0113 e. The summed E-state index contributed by atoms with van der Waals surface area (Å²) in [6.07, 6.45) is 11.7. The molecule has 4 atom stereocenters. The van der Waals surface area contributed by atoms with E-state index in [9.17, 15) is 0 Å². The first kappa shape index (κ1) is 13.9. The van der Waals surface area contributed by atoms with Crippen LogP contribution in [0.5, 0.6) is 0 Å². The van der Waals surface area contributed by atoms with Crippen molar-refractivity contribution >= 4 is 0 Å². The fourth-order valence-electron chi connectivity index (χ4n) is 5.00. The van der Waals surface area contributed by atoms with Crippen molar-refractivity contribution in [1.82, 2.24) is 10.2 Å². The Morgan fingerprint density at radius 2 is 1.68 bits per heavy atom. The van der Waals surface area contributed by atoms with Crippen LogP contribution in [0.15, 0.2) is 0 Å². The van der Waals surface area contributed by atoms with Gasteiger partial charge in [0.1, 0.15) is 0 Å². The highest BCUT2D eigenvalue weighted by Gasteiger charge is 2.39. The summed E-state index contributed by atoms with van der Waals surface area (Å²) in [5.74, 6) is 1.98. The van der Waals surface area contributed by atoms with E-state index in [-0.39, 0.29) is 0 Å². The minimum atomic E-state index is 0.803. The van der Waals surface area contributed by atoms with Gasteiger partial charge in [-0.05, 0) is 50.5 Å². The molecule has 1 N–H and O–H groups in total. The normalized spacial score (nSPS) is 43.6. The zero-order valence-corrected chi connectivity index (χ0v) is 12.9. The van der Waals surface area contributed by atoms with Crippen LogP contribution in [0.4, 0.5) is 0 Å². The van der Waals surface area contributed by atoms with Crippen LogP contribution in [-0.2, 0) is 0 Å². The van der Waals surface area contributed by atoms with E-state index in [0.717, 1.165) is 36.5 Å². The molecule has 0 spiro atoms. The van der Waals surface area contributed by atoms with Crippen LogP contribution >= 0.6 is 0 Å². The number of rotatable bonds is 4. The van der Waals surface area contributed by atoms with Gasteiger partial charge in [-0.1, -0.05) is 33.1 Å². The Hall–Kier alpha value is -0.0800. The molecule has 2 saturated heterocycles. The Morgan fingerprint density at radius 3 is 2.26 bits per heavy atom. The summed E-state index contributed by atoms with van der Waals surface area (Å²) in [5, 5.41) is 3.71. The van der Waals surface area contributed by atoms with Crippen LogP contribution in [0.1, 0.15) is 65.2 Å². The van der Waals surface area contributed by atoms with Gasteiger partial charge >= 0.3 is 0 Å². The lowest BCUT2D eigenvalue weighted by Gasteiger charge is -2.50. The lowest BCUT2D eigenvalue weighted by molar-refractivity contribution is 0.00889. The monoisotopic (exact) mass is 264 g/mol. The molecular weight excluding hydrogens is 232 g/mol. The van der Waals surface area contributed by atoms with Crippen LogP contribution in [0.2, 0.25) is 0 Å². The van der Waals surface area contributed by atoms with Crippen LogP contribution in [0, 0.1) is 11.8 Å². The molecule has 1 saturated carbocycles. The summed E-state index contributed by atoms with van der Waals surface area (Å²) in [6.45, 7) is 7.29. The molecule has 110 valence electrons. The molecule has 3 aliphatic rings. The minimum Gasteiger partial charge on any atom is -0.314 e. The molecule has 2 nitrogen and oxygen atoms in total. The van der Waals surface area contributed by atoms with Crippen molar-refractivity contribution in [2.75, 3.05) is 13.1 Å². The molecule has 2 aliphatic heterocycles. The summed E-state index contributed by atoms with van der Waals surface area (Å²) in [4.78, 5) is 2.93. The van der Waals surface area contributed by atoms with Gasteiger partial charge < -0.3 is 5.32 Å². The highest BCUT2D eigenvalue weighted by Crippen LogP contribution is 2.38. The molecule has 2 heterocycles. The van der Waals surface area contributed by atoms with Crippen molar-refractivity contribution in [2.24, 2.45) is 11.8 Å². The number of nitrogens with zero attached hydrogens (tertiary/aromatic N) is 1. The molecule has 1 aliphatic carbocycles. The van der Waals surface area contributed by atoms with Gasteiger partial charge in [0.05, 0.1) is 0 Å². The Labute approximate surface area is 119 Å². The minimum absolute atomic E-state index is 0.803. The van der Waals surface area contributed by atoms with E-state index in [4.69, 9.17) is 0 Å². The molecule has 0 aromatic carbocycles. The first-order valence-electron chi connectivity index (χ1n) is 8.77.